The normalized spacial score (nSPS) is 19.9. The summed E-state index contributed by atoms with van der Waals surface area (Å²) in [5.74, 6) is 0.509. The molecule has 3 rings (SSSR count). The lowest BCUT2D eigenvalue weighted by atomic mass is 9.93. The van der Waals surface area contributed by atoms with Gasteiger partial charge in [0.25, 0.3) is 5.91 Å². The summed E-state index contributed by atoms with van der Waals surface area (Å²) in [4.78, 5) is 15.0. The number of nitrogen functional groups attached to an aromatic ring is 1. The second-order valence-corrected chi connectivity index (χ2v) is 6.67. The quantitative estimate of drug-likeness (QED) is 0.824. The molecule has 0 radical (unpaired) electrons. The Kier molecular flexibility index (Phi) is 5.55. The van der Waals surface area contributed by atoms with Crippen molar-refractivity contribution in [3.63, 3.8) is 0 Å². The van der Waals surface area contributed by atoms with Gasteiger partial charge in [-0.2, -0.15) is 0 Å². The fraction of sp³-hybridized carbons (Fsp3) is 0.350. The van der Waals surface area contributed by atoms with Crippen molar-refractivity contribution in [1.29, 1.82) is 0 Å². The van der Waals surface area contributed by atoms with E-state index in [0.717, 1.165) is 24.1 Å². The molecule has 1 saturated heterocycles. The van der Waals surface area contributed by atoms with Crippen molar-refractivity contribution in [3.05, 3.63) is 64.7 Å². The smallest absolute Gasteiger partial charge is 0.254 e. The van der Waals surface area contributed by atoms with Crippen molar-refractivity contribution in [2.24, 2.45) is 0 Å². The number of rotatable bonds is 2. The Morgan fingerprint density at radius 1 is 1.12 bits per heavy atom. The summed E-state index contributed by atoms with van der Waals surface area (Å²) in [5, 5.41) is 0. The summed E-state index contributed by atoms with van der Waals surface area (Å²) < 4.78 is 0. The van der Waals surface area contributed by atoms with Crippen LogP contribution in [-0.2, 0) is 0 Å². The largest absolute Gasteiger partial charge is 0.399 e. The van der Waals surface area contributed by atoms with Crippen LogP contribution >= 0.6 is 12.4 Å². The Hall–Kier alpha value is -2.00. The van der Waals surface area contributed by atoms with Crippen LogP contribution in [0.1, 0.15) is 46.3 Å². The minimum atomic E-state index is 0. The van der Waals surface area contributed by atoms with Gasteiger partial charge in [0.05, 0.1) is 0 Å². The highest BCUT2D eigenvalue weighted by molar-refractivity contribution is 5.97. The van der Waals surface area contributed by atoms with E-state index in [1.807, 2.05) is 24.0 Å². The molecule has 2 unspecified atom stereocenters. The fourth-order valence-electron chi connectivity index (χ4n) is 3.61. The van der Waals surface area contributed by atoms with Gasteiger partial charge in [-0.05, 0) is 56.0 Å². The van der Waals surface area contributed by atoms with E-state index in [1.54, 1.807) is 6.07 Å². The molecule has 0 aromatic heterocycles. The second kappa shape index (κ2) is 7.27. The Morgan fingerprint density at radius 3 is 2.54 bits per heavy atom. The molecule has 2 N–H and O–H groups in total. The van der Waals surface area contributed by atoms with E-state index >= 15 is 0 Å². The number of carbonyl (C=O) groups excluding carboxylic acids is 1. The first-order chi connectivity index (χ1) is 11.0. The minimum absolute atomic E-state index is 0. The molecule has 4 heteroatoms. The Labute approximate surface area is 150 Å². The van der Waals surface area contributed by atoms with E-state index in [1.165, 1.54) is 11.1 Å². The summed E-state index contributed by atoms with van der Waals surface area (Å²) >= 11 is 0. The van der Waals surface area contributed by atoms with Crippen molar-refractivity contribution >= 4 is 24.0 Å². The SMILES string of the molecule is Cc1ccc(N)cc1C(=O)N1CC(c2ccccc2C)CC1C.Cl. The number of likely N-dealkylation sites (tertiary alicyclic amines) is 1. The molecular formula is C20H25ClN2O. The topological polar surface area (TPSA) is 46.3 Å². The zero-order valence-electron chi connectivity index (χ0n) is 14.5. The molecule has 2 aromatic rings. The van der Waals surface area contributed by atoms with Crippen molar-refractivity contribution in [2.45, 2.75) is 39.2 Å². The van der Waals surface area contributed by atoms with Gasteiger partial charge in [-0.15, -0.1) is 12.4 Å². The zero-order valence-corrected chi connectivity index (χ0v) is 15.3. The molecule has 0 saturated carbocycles. The molecule has 1 heterocycles. The Morgan fingerprint density at radius 2 is 1.83 bits per heavy atom. The Balaban J connectivity index is 0.00000208. The molecule has 24 heavy (non-hydrogen) atoms. The van der Waals surface area contributed by atoms with Crippen LogP contribution in [0.3, 0.4) is 0 Å². The molecule has 0 bridgehead atoms. The molecule has 0 spiro atoms. The third-order valence-corrected chi connectivity index (χ3v) is 4.96. The number of aryl methyl sites for hydroxylation is 2. The molecule has 2 aromatic carbocycles. The summed E-state index contributed by atoms with van der Waals surface area (Å²) in [5.41, 5.74) is 10.9. The van der Waals surface area contributed by atoms with Gasteiger partial charge in [0, 0.05) is 29.8 Å². The lowest BCUT2D eigenvalue weighted by Crippen LogP contribution is -2.34. The number of nitrogens with zero attached hydrogens (tertiary/aromatic N) is 1. The predicted molar refractivity (Wildman–Crippen MR) is 102 cm³/mol. The standard InChI is InChI=1S/C20H24N2O.ClH/c1-13-6-4-5-7-18(13)16-10-15(3)22(12-16)20(23)19-11-17(21)9-8-14(19)2;/h4-9,11,15-16H,10,12,21H2,1-3H3;1H. The molecule has 3 nitrogen and oxygen atoms in total. The van der Waals surface area contributed by atoms with Gasteiger partial charge in [0.2, 0.25) is 0 Å². The van der Waals surface area contributed by atoms with Crippen molar-refractivity contribution < 1.29 is 4.79 Å². The summed E-state index contributed by atoms with van der Waals surface area (Å²) in [7, 11) is 0. The maximum atomic E-state index is 13.0. The molecule has 2 atom stereocenters. The number of nitrogens with two attached hydrogens (primary N) is 1. The van der Waals surface area contributed by atoms with Gasteiger partial charge in [-0.25, -0.2) is 0 Å². The first-order valence-corrected chi connectivity index (χ1v) is 8.20. The number of halogens is 1. The number of carbonyl (C=O) groups is 1. The number of amides is 1. The van der Waals surface area contributed by atoms with Crippen LogP contribution in [0.25, 0.3) is 0 Å². The first kappa shape index (κ1) is 18.3. The van der Waals surface area contributed by atoms with Crippen LogP contribution in [0.5, 0.6) is 0 Å². The minimum Gasteiger partial charge on any atom is -0.399 e. The van der Waals surface area contributed by atoms with Crippen LogP contribution in [-0.4, -0.2) is 23.4 Å². The van der Waals surface area contributed by atoms with Crippen LogP contribution in [0, 0.1) is 13.8 Å². The molecule has 0 aliphatic carbocycles. The van der Waals surface area contributed by atoms with E-state index in [2.05, 4.69) is 38.1 Å². The molecule has 1 aliphatic rings. The van der Waals surface area contributed by atoms with E-state index in [0.29, 0.717) is 11.6 Å². The van der Waals surface area contributed by atoms with Crippen molar-refractivity contribution in [1.82, 2.24) is 4.90 Å². The first-order valence-electron chi connectivity index (χ1n) is 8.20. The van der Waals surface area contributed by atoms with Gasteiger partial charge in [0.15, 0.2) is 0 Å². The molecular weight excluding hydrogens is 320 g/mol. The van der Waals surface area contributed by atoms with Crippen LogP contribution < -0.4 is 5.73 Å². The number of anilines is 1. The number of hydrogen-bond donors (Lipinski definition) is 1. The van der Waals surface area contributed by atoms with E-state index in [9.17, 15) is 4.79 Å². The van der Waals surface area contributed by atoms with Crippen molar-refractivity contribution in [3.8, 4) is 0 Å². The maximum absolute atomic E-state index is 13.0. The van der Waals surface area contributed by atoms with Crippen molar-refractivity contribution in [2.75, 3.05) is 12.3 Å². The van der Waals surface area contributed by atoms with E-state index in [4.69, 9.17) is 5.73 Å². The highest BCUT2D eigenvalue weighted by Crippen LogP contribution is 2.34. The average Bonchev–Trinajstić information content (AvgIpc) is 2.91. The molecule has 128 valence electrons. The van der Waals surface area contributed by atoms with E-state index < -0.39 is 0 Å². The maximum Gasteiger partial charge on any atom is 0.254 e. The summed E-state index contributed by atoms with van der Waals surface area (Å²) in [6.45, 7) is 7.02. The second-order valence-electron chi connectivity index (χ2n) is 6.67. The van der Waals surface area contributed by atoms with Crippen LogP contribution in [0.4, 0.5) is 5.69 Å². The third-order valence-electron chi connectivity index (χ3n) is 4.96. The fourth-order valence-corrected chi connectivity index (χ4v) is 3.61. The number of hydrogen-bond acceptors (Lipinski definition) is 2. The van der Waals surface area contributed by atoms with E-state index in [-0.39, 0.29) is 24.4 Å². The van der Waals surface area contributed by atoms with Gasteiger partial charge in [0.1, 0.15) is 0 Å². The zero-order chi connectivity index (χ0) is 16.6. The monoisotopic (exact) mass is 344 g/mol. The van der Waals surface area contributed by atoms with Crippen LogP contribution in [0.15, 0.2) is 42.5 Å². The summed E-state index contributed by atoms with van der Waals surface area (Å²) in [6, 6.07) is 14.3. The van der Waals surface area contributed by atoms with Gasteiger partial charge >= 0.3 is 0 Å². The third kappa shape index (κ3) is 3.41. The van der Waals surface area contributed by atoms with Crippen LogP contribution in [0.2, 0.25) is 0 Å². The average molecular weight is 345 g/mol. The lowest BCUT2D eigenvalue weighted by molar-refractivity contribution is 0.0745. The predicted octanol–water partition coefficient (Wildman–Crippen LogP) is 4.33. The van der Waals surface area contributed by atoms with Gasteiger partial charge < -0.3 is 10.6 Å². The molecule has 1 amide bonds. The molecule has 1 aliphatic heterocycles. The van der Waals surface area contributed by atoms with Gasteiger partial charge in [-0.3, -0.25) is 4.79 Å². The lowest BCUT2D eigenvalue weighted by Gasteiger charge is -2.23. The number of benzene rings is 2. The van der Waals surface area contributed by atoms with Gasteiger partial charge in [-0.1, -0.05) is 30.3 Å². The Bertz CT molecular complexity index is 744. The molecule has 1 fully saturated rings. The highest BCUT2D eigenvalue weighted by atomic mass is 35.5. The summed E-state index contributed by atoms with van der Waals surface area (Å²) in [6.07, 6.45) is 1.01. The highest BCUT2D eigenvalue weighted by Gasteiger charge is 2.34.